The highest BCUT2D eigenvalue weighted by atomic mass is 19.4. The second-order valence-corrected chi connectivity index (χ2v) is 8.28. The molecule has 0 spiro atoms. The summed E-state index contributed by atoms with van der Waals surface area (Å²) in [4.78, 5) is 34.7. The van der Waals surface area contributed by atoms with Crippen LogP contribution in [0.1, 0.15) is 40.3 Å². The molecule has 4 aromatic rings. The lowest BCUT2D eigenvalue weighted by Gasteiger charge is -2.34. The first-order valence-electron chi connectivity index (χ1n) is 10.5. The quantitative estimate of drug-likeness (QED) is 0.453. The first-order chi connectivity index (χ1) is 16.1. The van der Waals surface area contributed by atoms with Gasteiger partial charge < -0.3 is 19.0 Å². The van der Waals surface area contributed by atoms with E-state index in [1.165, 1.54) is 22.0 Å². The fourth-order valence-electron chi connectivity index (χ4n) is 4.45. The van der Waals surface area contributed by atoms with Crippen LogP contribution >= 0.6 is 0 Å². The number of aromatic amines is 1. The minimum atomic E-state index is -4.84. The maximum Gasteiger partial charge on any atom is 0.419 e. The Labute approximate surface area is 190 Å². The van der Waals surface area contributed by atoms with Gasteiger partial charge in [0.15, 0.2) is 0 Å². The molecular formula is C23H19F4N5O2. The number of amides is 1. The molecule has 5 rings (SSSR count). The van der Waals surface area contributed by atoms with E-state index in [2.05, 4.69) is 9.97 Å². The lowest BCUT2D eigenvalue weighted by Crippen LogP contribution is -2.45. The summed E-state index contributed by atoms with van der Waals surface area (Å²) in [6, 6.07) is 4.05. The SMILES string of the molecule is Cc1cn(-c2ccc3n(c2=O)CCN(C(C)c2c[nH]c4cc(F)c(C(F)(F)F)cc24)C3=O)cn1. The van der Waals surface area contributed by atoms with Crippen LogP contribution in [0, 0.1) is 12.7 Å². The van der Waals surface area contributed by atoms with Crippen molar-refractivity contribution in [2.45, 2.75) is 32.6 Å². The zero-order valence-corrected chi connectivity index (χ0v) is 18.2. The van der Waals surface area contributed by atoms with Crippen LogP contribution < -0.4 is 5.56 Å². The predicted octanol–water partition coefficient (Wildman–Crippen LogP) is 4.20. The molecule has 1 amide bonds. The molecule has 0 saturated heterocycles. The lowest BCUT2D eigenvalue weighted by molar-refractivity contribution is -0.139. The molecule has 1 aromatic carbocycles. The molecule has 1 aliphatic heterocycles. The molecule has 3 aromatic heterocycles. The standard InChI is InChI=1S/C23H19F4N5O2/c1-12-10-30(11-29-12)19-3-4-20-22(34)31(5-6-32(20)21(19)33)13(2)15-9-28-18-8-17(24)16(7-14(15)18)23(25,26)27/h3-4,7-11,13,28H,5-6H2,1-2H3. The Morgan fingerprint density at radius 1 is 1.15 bits per heavy atom. The van der Waals surface area contributed by atoms with Crippen LogP contribution in [0.4, 0.5) is 17.6 Å². The molecule has 176 valence electrons. The molecule has 0 aliphatic carbocycles. The minimum absolute atomic E-state index is 0.180. The molecule has 0 bridgehead atoms. The number of rotatable bonds is 3. The molecule has 1 unspecified atom stereocenters. The third-order valence-electron chi connectivity index (χ3n) is 6.21. The van der Waals surface area contributed by atoms with Crippen LogP contribution in [-0.2, 0) is 12.7 Å². The Bertz CT molecular complexity index is 1500. The molecule has 1 aliphatic rings. The highest BCUT2D eigenvalue weighted by Crippen LogP contribution is 2.37. The van der Waals surface area contributed by atoms with E-state index in [4.69, 9.17) is 0 Å². The number of hydrogen-bond acceptors (Lipinski definition) is 3. The molecule has 0 saturated carbocycles. The summed E-state index contributed by atoms with van der Waals surface area (Å²) in [6.45, 7) is 3.88. The zero-order chi connectivity index (χ0) is 24.4. The zero-order valence-electron chi connectivity index (χ0n) is 18.2. The van der Waals surface area contributed by atoms with E-state index >= 15 is 0 Å². The van der Waals surface area contributed by atoms with E-state index in [1.807, 2.05) is 0 Å². The fraction of sp³-hybridized carbons (Fsp3) is 0.261. The number of carbonyl (C=O) groups excluding carboxylic acids is 1. The van der Waals surface area contributed by atoms with Gasteiger partial charge in [-0.1, -0.05) is 0 Å². The van der Waals surface area contributed by atoms with Crippen molar-refractivity contribution < 1.29 is 22.4 Å². The summed E-state index contributed by atoms with van der Waals surface area (Å²) < 4.78 is 56.7. The van der Waals surface area contributed by atoms with Gasteiger partial charge in [0.05, 0.1) is 23.6 Å². The van der Waals surface area contributed by atoms with Crippen LogP contribution in [0.15, 0.2) is 47.8 Å². The summed E-state index contributed by atoms with van der Waals surface area (Å²) in [7, 11) is 0. The van der Waals surface area contributed by atoms with E-state index in [0.29, 0.717) is 11.3 Å². The number of fused-ring (bicyclic) bond motifs is 2. The molecule has 1 atom stereocenters. The normalized spacial score (nSPS) is 15.1. The van der Waals surface area contributed by atoms with Crippen molar-refractivity contribution in [2.24, 2.45) is 0 Å². The van der Waals surface area contributed by atoms with Crippen LogP contribution in [0.5, 0.6) is 0 Å². The highest BCUT2D eigenvalue weighted by molar-refractivity contribution is 5.94. The molecule has 0 radical (unpaired) electrons. The average molecular weight is 473 g/mol. The molecular weight excluding hydrogens is 454 g/mol. The minimum Gasteiger partial charge on any atom is -0.361 e. The Balaban J connectivity index is 1.51. The van der Waals surface area contributed by atoms with Crippen LogP contribution in [0.25, 0.3) is 16.6 Å². The summed E-state index contributed by atoms with van der Waals surface area (Å²) in [6.07, 6.45) is -0.137. The van der Waals surface area contributed by atoms with E-state index in [1.54, 1.807) is 36.7 Å². The Kier molecular flexibility index (Phi) is 4.88. The molecule has 4 heterocycles. The van der Waals surface area contributed by atoms with Crippen molar-refractivity contribution in [1.82, 2.24) is 24.0 Å². The van der Waals surface area contributed by atoms with E-state index < -0.39 is 29.5 Å². The Morgan fingerprint density at radius 3 is 2.59 bits per heavy atom. The smallest absolute Gasteiger partial charge is 0.361 e. The van der Waals surface area contributed by atoms with Gasteiger partial charge in [-0.05, 0) is 43.7 Å². The number of hydrogen-bond donors (Lipinski definition) is 1. The number of nitrogens with one attached hydrogen (secondary N) is 1. The van der Waals surface area contributed by atoms with Crippen molar-refractivity contribution in [3.8, 4) is 5.69 Å². The molecule has 7 nitrogen and oxygen atoms in total. The second kappa shape index (κ2) is 7.57. The Hall–Kier alpha value is -3.89. The van der Waals surface area contributed by atoms with E-state index in [0.717, 1.165) is 17.8 Å². The number of carbonyl (C=O) groups is 1. The van der Waals surface area contributed by atoms with Gasteiger partial charge in [-0.3, -0.25) is 9.59 Å². The maximum atomic E-state index is 14.0. The number of benzene rings is 1. The lowest BCUT2D eigenvalue weighted by atomic mass is 10.0. The fourth-order valence-corrected chi connectivity index (χ4v) is 4.45. The van der Waals surface area contributed by atoms with Gasteiger partial charge >= 0.3 is 6.18 Å². The van der Waals surface area contributed by atoms with Gasteiger partial charge in [-0.15, -0.1) is 0 Å². The van der Waals surface area contributed by atoms with Crippen molar-refractivity contribution in [2.75, 3.05) is 6.54 Å². The maximum absolute atomic E-state index is 14.0. The molecule has 34 heavy (non-hydrogen) atoms. The number of alkyl halides is 3. The number of aromatic nitrogens is 4. The number of halogens is 4. The molecule has 1 N–H and O–H groups in total. The topological polar surface area (TPSA) is 75.9 Å². The van der Waals surface area contributed by atoms with Crippen molar-refractivity contribution in [3.63, 3.8) is 0 Å². The summed E-state index contributed by atoms with van der Waals surface area (Å²) in [5, 5.41) is 0.183. The Morgan fingerprint density at radius 2 is 1.91 bits per heavy atom. The summed E-state index contributed by atoms with van der Waals surface area (Å²) >= 11 is 0. The summed E-state index contributed by atoms with van der Waals surface area (Å²) in [5.74, 6) is -1.79. The monoisotopic (exact) mass is 473 g/mol. The number of H-pyrrole nitrogens is 1. The van der Waals surface area contributed by atoms with Crippen molar-refractivity contribution >= 4 is 16.8 Å². The van der Waals surface area contributed by atoms with Crippen molar-refractivity contribution in [3.05, 3.63) is 81.7 Å². The van der Waals surface area contributed by atoms with Gasteiger partial charge in [0, 0.05) is 36.4 Å². The third-order valence-corrected chi connectivity index (χ3v) is 6.21. The van der Waals surface area contributed by atoms with Gasteiger partial charge in [-0.2, -0.15) is 13.2 Å². The number of pyridine rings is 1. The van der Waals surface area contributed by atoms with Gasteiger partial charge in [0.1, 0.15) is 17.2 Å². The van der Waals surface area contributed by atoms with Crippen molar-refractivity contribution in [1.29, 1.82) is 0 Å². The number of aryl methyl sites for hydroxylation is 1. The third kappa shape index (κ3) is 3.39. The average Bonchev–Trinajstić information content (AvgIpc) is 3.38. The largest absolute Gasteiger partial charge is 0.419 e. The number of imidazole rings is 1. The van der Waals surface area contributed by atoms with Gasteiger partial charge in [-0.25, -0.2) is 9.37 Å². The van der Waals surface area contributed by atoms with Gasteiger partial charge in [0.2, 0.25) is 0 Å². The van der Waals surface area contributed by atoms with E-state index in [-0.39, 0.29) is 35.2 Å². The molecule has 11 heteroatoms. The predicted molar refractivity (Wildman–Crippen MR) is 115 cm³/mol. The summed E-state index contributed by atoms with van der Waals surface area (Å²) in [5.41, 5.74) is 0.210. The second-order valence-electron chi connectivity index (χ2n) is 8.28. The van der Waals surface area contributed by atoms with Gasteiger partial charge in [0.25, 0.3) is 11.5 Å². The first kappa shape index (κ1) is 21.9. The first-order valence-corrected chi connectivity index (χ1v) is 10.5. The van der Waals surface area contributed by atoms with E-state index in [9.17, 15) is 27.2 Å². The van der Waals surface area contributed by atoms with Crippen LogP contribution in [0.3, 0.4) is 0 Å². The highest BCUT2D eigenvalue weighted by Gasteiger charge is 2.36. The van der Waals surface area contributed by atoms with Crippen LogP contribution in [-0.4, -0.2) is 36.5 Å². The van der Waals surface area contributed by atoms with Crippen LogP contribution in [0.2, 0.25) is 0 Å². The number of nitrogens with zero attached hydrogens (tertiary/aromatic N) is 4. The molecule has 0 fully saturated rings.